The number of ether oxygens (including phenoxy) is 1. The largest absolute Gasteiger partial charge is 0.481 e. The summed E-state index contributed by atoms with van der Waals surface area (Å²) in [6.45, 7) is 12.7. The molecule has 1 rings (SSSR count). The van der Waals surface area contributed by atoms with Crippen LogP contribution >= 0.6 is 0 Å². The van der Waals surface area contributed by atoms with Gasteiger partial charge >= 0.3 is 0 Å². The number of nitrogens with two attached hydrogens (primary N) is 1. The molecule has 1 aromatic carbocycles. The lowest BCUT2D eigenvalue weighted by Crippen LogP contribution is -2.38. The Morgan fingerprint density at radius 3 is 2.38 bits per heavy atom. The number of hydrogen-bond donors (Lipinski definition) is 2. The van der Waals surface area contributed by atoms with Crippen molar-refractivity contribution in [3.05, 3.63) is 23.3 Å². The SMILES string of the molecule is Cc1cc(OC(C)C(=O)NCC(C)C)c(C(C)C)cc1N. The maximum Gasteiger partial charge on any atom is 0.260 e. The van der Waals surface area contributed by atoms with Crippen molar-refractivity contribution in [3.63, 3.8) is 0 Å². The van der Waals surface area contributed by atoms with Crippen molar-refractivity contribution < 1.29 is 9.53 Å². The second-order valence-corrected chi connectivity index (χ2v) is 6.30. The van der Waals surface area contributed by atoms with Crippen LogP contribution < -0.4 is 15.8 Å². The van der Waals surface area contributed by atoms with Crippen LogP contribution in [-0.4, -0.2) is 18.6 Å². The van der Waals surface area contributed by atoms with Crippen molar-refractivity contribution in [2.75, 3.05) is 12.3 Å². The van der Waals surface area contributed by atoms with Gasteiger partial charge in [-0.1, -0.05) is 27.7 Å². The average molecular weight is 292 g/mol. The van der Waals surface area contributed by atoms with Crippen LogP contribution in [0, 0.1) is 12.8 Å². The molecule has 0 radical (unpaired) electrons. The number of carbonyl (C=O) groups excluding carboxylic acids is 1. The number of aryl methyl sites for hydroxylation is 1. The van der Waals surface area contributed by atoms with Gasteiger partial charge in [0.25, 0.3) is 5.91 Å². The van der Waals surface area contributed by atoms with E-state index in [1.807, 2.05) is 19.1 Å². The number of nitrogen functional groups attached to an aromatic ring is 1. The molecule has 3 N–H and O–H groups in total. The first-order valence-electron chi connectivity index (χ1n) is 7.56. The Balaban J connectivity index is 2.86. The predicted molar refractivity (Wildman–Crippen MR) is 87.6 cm³/mol. The van der Waals surface area contributed by atoms with E-state index in [0.717, 1.165) is 22.6 Å². The molecule has 0 fully saturated rings. The topological polar surface area (TPSA) is 64.3 Å². The number of anilines is 1. The van der Waals surface area contributed by atoms with Crippen molar-refractivity contribution in [1.29, 1.82) is 0 Å². The monoisotopic (exact) mass is 292 g/mol. The summed E-state index contributed by atoms with van der Waals surface area (Å²) in [6, 6.07) is 3.85. The Morgan fingerprint density at radius 2 is 1.86 bits per heavy atom. The van der Waals surface area contributed by atoms with Gasteiger partial charge in [-0.3, -0.25) is 4.79 Å². The lowest BCUT2D eigenvalue weighted by atomic mass is 9.99. The van der Waals surface area contributed by atoms with Gasteiger partial charge in [0.1, 0.15) is 5.75 Å². The standard InChI is InChI=1S/C17H28N2O2/c1-10(2)9-19-17(20)13(6)21-16-7-12(5)15(18)8-14(16)11(3)4/h7-8,10-11,13H,9,18H2,1-6H3,(H,19,20). The molecule has 0 aliphatic carbocycles. The molecule has 1 unspecified atom stereocenters. The minimum absolute atomic E-state index is 0.0899. The number of hydrogen-bond acceptors (Lipinski definition) is 3. The van der Waals surface area contributed by atoms with E-state index >= 15 is 0 Å². The summed E-state index contributed by atoms with van der Waals surface area (Å²) in [7, 11) is 0. The van der Waals surface area contributed by atoms with Gasteiger partial charge in [-0.15, -0.1) is 0 Å². The van der Waals surface area contributed by atoms with E-state index < -0.39 is 6.10 Å². The highest BCUT2D eigenvalue weighted by molar-refractivity contribution is 5.80. The molecule has 1 atom stereocenters. The summed E-state index contributed by atoms with van der Waals surface area (Å²) in [5.74, 6) is 1.36. The van der Waals surface area contributed by atoms with Crippen molar-refractivity contribution in [3.8, 4) is 5.75 Å². The second-order valence-electron chi connectivity index (χ2n) is 6.30. The van der Waals surface area contributed by atoms with Crippen LogP contribution in [0.15, 0.2) is 12.1 Å². The Morgan fingerprint density at radius 1 is 1.24 bits per heavy atom. The lowest BCUT2D eigenvalue weighted by Gasteiger charge is -2.20. The van der Waals surface area contributed by atoms with Gasteiger partial charge in [0.2, 0.25) is 0 Å². The fourth-order valence-corrected chi connectivity index (χ4v) is 1.96. The molecule has 0 bridgehead atoms. The van der Waals surface area contributed by atoms with Gasteiger partial charge < -0.3 is 15.8 Å². The average Bonchev–Trinajstić information content (AvgIpc) is 2.39. The van der Waals surface area contributed by atoms with Crippen LogP contribution in [0.3, 0.4) is 0 Å². The van der Waals surface area contributed by atoms with Gasteiger partial charge in [0.05, 0.1) is 0 Å². The van der Waals surface area contributed by atoms with Crippen LogP contribution in [0.1, 0.15) is 51.7 Å². The van der Waals surface area contributed by atoms with Crippen LogP contribution in [0.2, 0.25) is 0 Å². The molecule has 0 aliphatic rings. The minimum Gasteiger partial charge on any atom is -0.481 e. The Kier molecular flexibility index (Phi) is 6.06. The van der Waals surface area contributed by atoms with Gasteiger partial charge in [-0.25, -0.2) is 0 Å². The molecule has 0 saturated carbocycles. The third-order valence-corrected chi connectivity index (χ3v) is 3.38. The molecule has 118 valence electrons. The Bertz CT molecular complexity index is 496. The van der Waals surface area contributed by atoms with Crippen molar-refractivity contribution in [2.24, 2.45) is 5.92 Å². The highest BCUT2D eigenvalue weighted by Gasteiger charge is 2.18. The summed E-state index contributed by atoms with van der Waals surface area (Å²) < 4.78 is 5.87. The number of rotatable bonds is 6. The fraction of sp³-hybridized carbons (Fsp3) is 0.588. The van der Waals surface area contributed by atoms with Crippen LogP contribution in [0.5, 0.6) is 5.75 Å². The molecule has 1 aromatic rings. The summed E-state index contributed by atoms with van der Waals surface area (Å²) in [6.07, 6.45) is -0.524. The molecule has 4 heteroatoms. The highest BCUT2D eigenvalue weighted by Crippen LogP contribution is 2.31. The van der Waals surface area contributed by atoms with Crippen molar-refractivity contribution in [1.82, 2.24) is 5.32 Å². The number of amides is 1. The molecule has 21 heavy (non-hydrogen) atoms. The smallest absolute Gasteiger partial charge is 0.260 e. The molecule has 0 saturated heterocycles. The van der Waals surface area contributed by atoms with Gasteiger partial charge in [0, 0.05) is 12.2 Å². The first kappa shape index (κ1) is 17.3. The van der Waals surface area contributed by atoms with Gasteiger partial charge in [0.15, 0.2) is 6.10 Å². The second kappa shape index (κ2) is 7.34. The third kappa shape index (κ3) is 4.96. The van der Waals surface area contributed by atoms with Crippen LogP contribution in [0.25, 0.3) is 0 Å². The summed E-state index contributed by atoms with van der Waals surface area (Å²) in [4.78, 5) is 12.0. The molecule has 4 nitrogen and oxygen atoms in total. The lowest BCUT2D eigenvalue weighted by molar-refractivity contribution is -0.127. The van der Waals surface area contributed by atoms with E-state index in [4.69, 9.17) is 10.5 Å². The quantitative estimate of drug-likeness (QED) is 0.791. The molecule has 0 aromatic heterocycles. The number of benzene rings is 1. The molecular formula is C17H28N2O2. The Labute approximate surface area is 128 Å². The fourth-order valence-electron chi connectivity index (χ4n) is 1.96. The summed E-state index contributed by atoms with van der Waals surface area (Å²) >= 11 is 0. The zero-order chi connectivity index (χ0) is 16.2. The minimum atomic E-state index is -0.524. The number of carbonyl (C=O) groups is 1. The molecule has 0 aliphatic heterocycles. The van der Waals surface area contributed by atoms with Crippen molar-refractivity contribution >= 4 is 11.6 Å². The first-order valence-corrected chi connectivity index (χ1v) is 7.56. The summed E-state index contributed by atoms with van der Waals surface area (Å²) in [5.41, 5.74) is 8.71. The van der Waals surface area contributed by atoms with Gasteiger partial charge in [-0.2, -0.15) is 0 Å². The van der Waals surface area contributed by atoms with E-state index in [-0.39, 0.29) is 11.8 Å². The number of nitrogens with one attached hydrogen (secondary N) is 1. The van der Waals surface area contributed by atoms with Crippen LogP contribution in [0.4, 0.5) is 5.69 Å². The predicted octanol–water partition coefficient (Wildman–Crippen LogP) is 3.24. The Hall–Kier alpha value is -1.71. The normalized spacial score (nSPS) is 12.6. The third-order valence-electron chi connectivity index (χ3n) is 3.38. The van der Waals surface area contributed by atoms with Crippen LogP contribution in [-0.2, 0) is 4.79 Å². The summed E-state index contributed by atoms with van der Waals surface area (Å²) in [5, 5.41) is 2.89. The van der Waals surface area contributed by atoms with E-state index in [1.54, 1.807) is 6.92 Å². The van der Waals surface area contributed by atoms with E-state index in [1.165, 1.54) is 0 Å². The molecule has 0 spiro atoms. The highest BCUT2D eigenvalue weighted by atomic mass is 16.5. The van der Waals surface area contributed by atoms with E-state index in [2.05, 4.69) is 33.0 Å². The molecule has 0 heterocycles. The maximum atomic E-state index is 12.0. The van der Waals surface area contributed by atoms with E-state index in [0.29, 0.717) is 12.5 Å². The first-order chi connectivity index (χ1) is 9.72. The van der Waals surface area contributed by atoms with E-state index in [9.17, 15) is 4.79 Å². The van der Waals surface area contributed by atoms with Crippen molar-refractivity contribution in [2.45, 2.75) is 53.6 Å². The zero-order valence-electron chi connectivity index (χ0n) is 14.0. The van der Waals surface area contributed by atoms with Gasteiger partial charge in [-0.05, 0) is 48.9 Å². The zero-order valence-corrected chi connectivity index (χ0v) is 14.0. The molecule has 1 amide bonds. The molecular weight excluding hydrogens is 264 g/mol. The maximum absolute atomic E-state index is 12.0.